The average molecular weight is 361 g/mol. The maximum Gasteiger partial charge on any atom is 0.272 e. The van der Waals surface area contributed by atoms with Gasteiger partial charge in [-0.25, -0.2) is 0 Å². The average Bonchev–Trinajstić information content (AvgIpc) is 2.91. The molecule has 0 aromatic carbocycles. The zero-order chi connectivity index (χ0) is 19.1. The highest BCUT2D eigenvalue weighted by atomic mass is 16.2. The van der Waals surface area contributed by atoms with E-state index in [1.165, 1.54) is 0 Å². The van der Waals surface area contributed by atoms with Gasteiger partial charge in [-0.2, -0.15) is 5.10 Å². The lowest BCUT2D eigenvalue weighted by atomic mass is 9.76. The Labute approximate surface area is 156 Å². The van der Waals surface area contributed by atoms with Crippen LogP contribution in [0.2, 0.25) is 0 Å². The van der Waals surface area contributed by atoms with Crippen molar-refractivity contribution in [2.24, 2.45) is 13.0 Å². The predicted molar refractivity (Wildman–Crippen MR) is 101 cm³/mol. The molecule has 0 radical (unpaired) electrons. The van der Waals surface area contributed by atoms with Crippen LogP contribution in [0.5, 0.6) is 0 Å². The Bertz CT molecular complexity index is 696. The normalized spacial score (nSPS) is 26.2. The SMILES string of the molecule is CC(=O)N1CCC[C@H]2N(C(=O)c3cc(CC(C)C)nn3C)CCC[C@@]21C. The number of nitrogens with zero attached hydrogens (tertiary/aromatic N) is 4. The molecular formula is C20H32N4O2. The zero-order valence-corrected chi connectivity index (χ0v) is 16.8. The second kappa shape index (κ2) is 7.05. The van der Waals surface area contributed by atoms with E-state index in [0.717, 1.165) is 50.9 Å². The first-order valence-corrected chi connectivity index (χ1v) is 9.86. The Morgan fingerprint density at radius 2 is 2.04 bits per heavy atom. The molecule has 0 saturated carbocycles. The van der Waals surface area contributed by atoms with Crippen LogP contribution in [0.4, 0.5) is 0 Å². The number of amides is 2. The van der Waals surface area contributed by atoms with Crippen LogP contribution in [0.3, 0.4) is 0 Å². The van der Waals surface area contributed by atoms with E-state index in [1.54, 1.807) is 11.6 Å². The third-order valence-electron chi connectivity index (χ3n) is 6.06. The van der Waals surface area contributed by atoms with Gasteiger partial charge in [-0.1, -0.05) is 13.8 Å². The second-order valence-electron chi connectivity index (χ2n) is 8.53. The molecule has 0 bridgehead atoms. The van der Waals surface area contributed by atoms with Gasteiger partial charge in [0.1, 0.15) is 5.69 Å². The number of carbonyl (C=O) groups excluding carboxylic acids is 2. The summed E-state index contributed by atoms with van der Waals surface area (Å²) in [4.78, 5) is 29.5. The number of aromatic nitrogens is 2. The molecule has 6 nitrogen and oxygen atoms in total. The van der Waals surface area contributed by atoms with Crippen molar-refractivity contribution in [1.29, 1.82) is 0 Å². The Morgan fingerprint density at radius 1 is 1.31 bits per heavy atom. The number of piperidine rings is 2. The summed E-state index contributed by atoms with van der Waals surface area (Å²) in [7, 11) is 1.85. The third-order valence-corrected chi connectivity index (χ3v) is 6.06. The number of carbonyl (C=O) groups is 2. The molecular weight excluding hydrogens is 328 g/mol. The molecule has 2 atom stereocenters. The van der Waals surface area contributed by atoms with E-state index in [2.05, 4.69) is 25.9 Å². The largest absolute Gasteiger partial charge is 0.335 e. The Morgan fingerprint density at radius 3 is 2.69 bits per heavy atom. The highest BCUT2D eigenvalue weighted by Gasteiger charge is 2.49. The van der Waals surface area contributed by atoms with Crippen molar-refractivity contribution in [2.45, 2.75) is 71.4 Å². The smallest absolute Gasteiger partial charge is 0.272 e. The minimum Gasteiger partial charge on any atom is -0.335 e. The molecule has 0 N–H and O–H groups in total. The summed E-state index contributed by atoms with van der Waals surface area (Å²) < 4.78 is 1.72. The summed E-state index contributed by atoms with van der Waals surface area (Å²) in [6.45, 7) is 9.68. The highest BCUT2D eigenvalue weighted by Crippen LogP contribution is 2.39. The lowest BCUT2D eigenvalue weighted by Crippen LogP contribution is -2.68. The summed E-state index contributed by atoms with van der Waals surface area (Å²) >= 11 is 0. The molecule has 2 amide bonds. The highest BCUT2D eigenvalue weighted by molar-refractivity contribution is 5.93. The summed E-state index contributed by atoms with van der Waals surface area (Å²) in [5, 5.41) is 4.54. The number of rotatable bonds is 3. The minimum absolute atomic E-state index is 0.0522. The maximum absolute atomic E-state index is 13.4. The van der Waals surface area contributed by atoms with Crippen LogP contribution in [0.1, 0.15) is 69.6 Å². The van der Waals surface area contributed by atoms with Gasteiger partial charge in [0.25, 0.3) is 5.91 Å². The molecule has 2 fully saturated rings. The van der Waals surface area contributed by atoms with Crippen molar-refractivity contribution in [3.63, 3.8) is 0 Å². The van der Waals surface area contributed by atoms with Crippen LogP contribution in [0, 0.1) is 5.92 Å². The predicted octanol–water partition coefficient (Wildman–Crippen LogP) is 2.62. The molecule has 1 aromatic heterocycles. The number of likely N-dealkylation sites (tertiary alicyclic amines) is 2. The van der Waals surface area contributed by atoms with Crippen LogP contribution >= 0.6 is 0 Å². The van der Waals surface area contributed by atoms with Gasteiger partial charge in [-0.15, -0.1) is 0 Å². The number of aryl methyl sites for hydroxylation is 1. The monoisotopic (exact) mass is 360 g/mol. The van der Waals surface area contributed by atoms with Gasteiger partial charge >= 0.3 is 0 Å². The van der Waals surface area contributed by atoms with E-state index < -0.39 is 0 Å². The first kappa shape index (κ1) is 18.9. The van der Waals surface area contributed by atoms with Crippen LogP contribution in [-0.2, 0) is 18.3 Å². The van der Waals surface area contributed by atoms with E-state index in [4.69, 9.17) is 0 Å². The minimum atomic E-state index is -0.253. The van der Waals surface area contributed by atoms with Crippen LogP contribution in [0.15, 0.2) is 6.07 Å². The Kier molecular flexibility index (Phi) is 5.13. The molecule has 2 saturated heterocycles. The summed E-state index contributed by atoms with van der Waals surface area (Å²) in [5.74, 6) is 0.677. The van der Waals surface area contributed by atoms with Crippen molar-refractivity contribution in [3.8, 4) is 0 Å². The molecule has 1 aromatic rings. The summed E-state index contributed by atoms with van der Waals surface area (Å²) in [6, 6.07) is 2.03. The van der Waals surface area contributed by atoms with E-state index >= 15 is 0 Å². The van der Waals surface area contributed by atoms with Crippen LogP contribution < -0.4 is 0 Å². The molecule has 0 aliphatic carbocycles. The van der Waals surface area contributed by atoms with Crippen molar-refractivity contribution in [2.75, 3.05) is 13.1 Å². The molecule has 6 heteroatoms. The molecule has 144 valence electrons. The van der Waals surface area contributed by atoms with Crippen molar-refractivity contribution < 1.29 is 9.59 Å². The third kappa shape index (κ3) is 3.26. The lowest BCUT2D eigenvalue weighted by molar-refractivity contribution is -0.143. The van der Waals surface area contributed by atoms with Crippen molar-refractivity contribution in [3.05, 3.63) is 17.5 Å². The lowest BCUT2D eigenvalue weighted by Gasteiger charge is -2.56. The fourth-order valence-electron chi connectivity index (χ4n) is 4.90. The number of hydrogen-bond donors (Lipinski definition) is 0. The van der Waals surface area contributed by atoms with E-state index in [1.807, 2.05) is 22.9 Å². The van der Waals surface area contributed by atoms with Gasteiger partial charge in [0, 0.05) is 27.1 Å². The van der Waals surface area contributed by atoms with Gasteiger partial charge in [-0.3, -0.25) is 14.3 Å². The molecule has 2 aliphatic rings. The molecule has 2 aliphatic heterocycles. The van der Waals surface area contributed by atoms with Crippen molar-refractivity contribution in [1.82, 2.24) is 19.6 Å². The summed E-state index contributed by atoms with van der Waals surface area (Å²) in [5.41, 5.74) is 1.38. The van der Waals surface area contributed by atoms with Gasteiger partial charge in [-0.05, 0) is 51.0 Å². The fourth-order valence-corrected chi connectivity index (χ4v) is 4.90. The second-order valence-corrected chi connectivity index (χ2v) is 8.53. The van der Waals surface area contributed by atoms with Gasteiger partial charge < -0.3 is 9.80 Å². The number of fused-ring (bicyclic) bond motifs is 1. The maximum atomic E-state index is 13.4. The van der Waals surface area contributed by atoms with E-state index in [9.17, 15) is 9.59 Å². The van der Waals surface area contributed by atoms with Crippen LogP contribution in [0.25, 0.3) is 0 Å². The molecule has 26 heavy (non-hydrogen) atoms. The van der Waals surface area contributed by atoms with Gasteiger partial charge in [0.15, 0.2) is 0 Å². The standard InChI is InChI=1S/C20H32N4O2/c1-14(2)12-16-13-17(22(5)21-16)19(26)23-10-7-9-20(4)18(23)8-6-11-24(20)15(3)25/h13-14,18H,6-12H2,1-5H3/t18-,20+/m1/s1. The first-order chi connectivity index (χ1) is 12.2. The fraction of sp³-hybridized carbons (Fsp3) is 0.750. The van der Waals surface area contributed by atoms with E-state index in [0.29, 0.717) is 11.6 Å². The van der Waals surface area contributed by atoms with E-state index in [-0.39, 0.29) is 23.4 Å². The number of hydrogen-bond acceptors (Lipinski definition) is 3. The molecule has 3 rings (SSSR count). The Balaban J connectivity index is 1.88. The molecule has 0 unspecified atom stereocenters. The van der Waals surface area contributed by atoms with Crippen molar-refractivity contribution >= 4 is 11.8 Å². The molecule has 0 spiro atoms. The van der Waals surface area contributed by atoms with Crippen LogP contribution in [-0.4, -0.2) is 56.1 Å². The Hall–Kier alpha value is -1.85. The quantitative estimate of drug-likeness (QED) is 0.832. The first-order valence-electron chi connectivity index (χ1n) is 9.86. The molecule has 3 heterocycles. The van der Waals surface area contributed by atoms with Gasteiger partial charge in [0.05, 0.1) is 17.3 Å². The summed E-state index contributed by atoms with van der Waals surface area (Å²) in [6.07, 6.45) is 4.68. The van der Waals surface area contributed by atoms with Gasteiger partial charge in [0.2, 0.25) is 5.91 Å². The topological polar surface area (TPSA) is 58.4 Å². The zero-order valence-electron chi connectivity index (χ0n) is 16.8.